The SMILES string of the molecule is CC(NC(=O)C(C)(C)C(N)=S)C(=O)NC(C)(C)C. The maximum absolute atomic E-state index is 11.9. The van der Waals surface area contributed by atoms with E-state index in [0.29, 0.717) is 0 Å². The molecule has 104 valence electrons. The third-order valence-electron chi connectivity index (χ3n) is 2.42. The molecule has 6 heteroatoms. The van der Waals surface area contributed by atoms with Gasteiger partial charge in [-0.1, -0.05) is 12.2 Å². The number of rotatable bonds is 4. The van der Waals surface area contributed by atoms with Crippen LogP contribution in [0.1, 0.15) is 41.5 Å². The minimum absolute atomic E-state index is 0.100. The molecule has 0 spiro atoms. The molecule has 0 aliphatic heterocycles. The standard InChI is InChI=1S/C12H23N3O2S/c1-7(8(16)15-11(2,3)4)14-10(17)12(5,6)9(13)18/h7H,1-6H3,(H2,13,18)(H,14,17)(H,15,16). The van der Waals surface area contributed by atoms with E-state index in [0.717, 1.165) is 0 Å². The summed E-state index contributed by atoms with van der Waals surface area (Å²) < 4.78 is 0. The summed E-state index contributed by atoms with van der Waals surface area (Å²) in [5, 5.41) is 5.39. The summed E-state index contributed by atoms with van der Waals surface area (Å²) in [6.45, 7) is 10.5. The van der Waals surface area contributed by atoms with Gasteiger partial charge in [-0.2, -0.15) is 0 Å². The molecule has 0 aromatic carbocycles. The van der Waals surface area contributed by atoms with Crippen LogP contribution in [0.4, 0.5) is 0 Å². The topological polar surface area (TPSA) is 84.2 Å². The van der Waals surface area contributed by atoms with Crippen LogP contribution in [0, 0.1) is 5.41 Å². The highest BCUT2D eigenvalue weighted by Crippen LogP contribution is 2.15. The van der Waals surface area contributed by atoms with Gasteiger partial charge in [0.05, 0.1) is 10.4 Å². The van der Waals surface area contributed by atoms with E-state index in [2.05, 4.69) is 10.6 Å². The molecule has 2 amide bonds. The van der Waals surface area contributed by atoms with Crippen LogP contribution in [0.25, 0.3) is 0 Å². The lowest BCUT2D eigenvalue weighted by atomic mass is 9.92. The Morgan fingerprint density at radius 3 is 1.94 bits per heavy atom. The fraction of sp³-hybridized carbons (Fsp3) is 0.750. The number of amides is 2. The van der Waals surface area contributed by atoms with Crippen LogP contribution in [0.3, 0.4) is 0 Å². The summed E-state index contributed by atoms with van der Waals surface area (Å²) in [7, 11) is 0. The summed E-state index contributed by atoms with van der Waals surface area (Å²) in [4.78, 5) is 23.8. The molecule has 1 atom stereocenters. The Bertz CT molecular complexity index is 359. The molecule has 0 saturated carbocycles. The zero-order valence-electron chi connectivity index (χ0n) is 11.9. The first-order valence-electron chi connectivity index (χ1n) is 5.81. The molecule has 5 nitrogen and oxygen atoms in total. The van der Waals surface area contributed by atoms with Crippen molar-refractivity contribution in [1.82, 2.24) is 10.6 Å². The van der Waals surface area contributed by atoms with Gasteiger partial charge < -0.3 is 16.4 Å². The predicted octanol–water partition coefficient (Wildman–Crippen LogP) is 0.718. The van der Waals surface area contributed by atoms with Gasteiger partial charge in [0.25, 0.3) is 0 Å². The molecule has 18 heavy (non-hydrogen) atoms. The first-order valence-corrected chi connectivity index (χ1v) is 6.21. The van der Waals surface area contributed by atoms with E-state index in [1.807, 2.05) is 20.8 Å². The van der Waals surface area contributed by atoms with E-state index in [1.165, 1.54) is 0 Å². The van der Waals surface area contributed by atoms with Crippen molar-refractivity contribution < 1.29 is 9.59 Å². The maximum Gasteiger partial charge on any atom is 0.242 e. The number of nitrogens with two attached hydrogens (primary N) is 1. The van der Waals surface area contributed by atoms with Gasteiger partial charge in [0, 0.05) is 5.54 Å². The molecule has 0 aliphatic rings. The molecule has 0 saturated heterocycles. The molecule has 0 fully saturated rings. The molecular formula is C12H23N3O2S. The zero-order valence-corrected chi connectivity index (χ0v) is 12.7. The molecule has 0 bridgehead atoms. The highest BCUT2D eigenvalue weighted by Gasteiger charge is 2.33. The van der Waals surface area contributed by atoms with Crippen molar-refractivity contribution in [1.29, 1.82) is 0 Å². The second kappa shape index (κ2) is 5.65. The van der Waals surface area contributed by atoms with Gasteiger partial charge >= 0.3 is 0 Å². The molecule has 0 aromatic rings. The van der Waals surface area contributed by atoms with Crippen molar-refractivity contribution >= 4 is 29.0 Å². The van der Waals surface area contributed by atoms with Crippen LogP contribution in [-0.4, -0.2) is 28.4 Å². The second-order valence-electron chi connectivity index (χ2n) is 5.92. The van der Waals surface area contributed by atoms with Gasteiger partial charge in [-0.15, -0.1) is 0 Å². The van der Waals surface area contributed by atoms with Gasteiger partial charge in [-0.25, -0.2) is 0 Å². The van der Waals surface area contributed by atoms with Crippen molar-refractivity contribution in [2.45, 2.75) is 53.1 Å². The van der Waals surface area contributed by atoms with Crippen LogP contribution in [0.15, 0.2) is 0 Å². The quantitative estimate of drug-likeness (QED) is 0.659. The monoisotopic (exact) mass is 273 g/mol. The molecule has 4 N–H and O–H groups in total. The van der Waals surface area contributed by atoms with E-state index in [4.69, 9.17) is 18.0 Å². The molecule has 0 radical (unpaired) electrons. The Kier molecular flexibility index (Phi) is 5.28. The molecule has 0 heterocycles. The fourth-order valence-electron chi connectivity index (χ4n) is 1.03. The Labute approximate surface area is 114 Å². The van der Waals surface area contributed by atoms with Crippen molar-refractivity contribution in [3.8, 4) is 0 Å². The summed E-state index contributed by atoms with van der Waals surface area (Å²) in [5.74, 6) is -0.596. The normalized spacial score (nSPS) is 13.7. The first-order chi connectivity index (χ1) is 7.88. The lowest BCUT2D eigenvalue weighted by Crippen LogP contribution is -2.54. The third kappa shape index (κ3) is 5.00. The third-order valence-corrected chi connectivity index (χ3v) is 2.93. The largest absolute Gasteiger partial charge is 0.392 e. The van der Waals surface area contributed by atoms with Crippen molar-refractivity contribution in [2.24, 2.45) is 11.1 Å². The van der Waals surface area contributed by atoms with E-state index in [9.17, 15) is 9.59 Å². The molecule has 0 aliphatic carbocycles. The number of carbonyl (C=O) groups is 2. The number of hydrogen-bond donors (Lipinski definition) is 3. The predicted molar refractivity (Wildman–Crippen MR) is 76.1 cm³/mol. The van der Waals surface area contributed by atoms with Crippen LogP contribution in [0.2, 0.25) is 0 Å². The minimum Gasteiger partial charge on any atom is -0.392 e. The van der Waals surface area contributed by atoms with Crippen molar-refractivity contribution in [3.63, 3.8) is 0 Å². The molecule has 1 unspecified atom stereocenters. The Balaban J connectivity index is 4.59. The maximum atomic E-state index is 11.9. The van der Waals surface area contributed by atoms with Gasteiger partial charge in [0.1, 0.15) is 6.04 Å². The lowest BCUT2D eigenvalue weighted by molar-refractivity contribution is -0.132. The average molecular weight is 273 g/mol. The summed E-state index contributed by atoms with van der Waals surface area (Å²) in [6.07, 6.45) is 0. The smallest absolute Gasteiger partial charge is 0.242 e. The van der Waals surface area contributed by atoms with Gasteiger partial charge in [-0.3, -0.25) is 9.59 Å². The average Bonchev–Trinajstić information content (AvgIpc) is 2.14. The van der Waals surface area contributed by atoms with E-state index in [-0.39, 0.29) is 22.3 Å². The van der Waals surface area contributed by atoms with Gasteiger partial charge in [-0.05, 0) is 41.5 Å². The van der Waals surface area contributed by atoms with Crippen LogP contribution < -0.4 is 16.4 Å². The fourth-order valence-corrected chi connectivity index (χ4v) is 1.13. The molecule has 0 rings (SSSR count). The van der Waals surface area contributed by atoms with Crippen LogP contribution in [0.5, 0.6) is 0 Å². The zero-order chi connectivity index (χ0) is 14.7. The first kappa shape index (κ1) is 16.8. The lowest BCUT2D eigenvalue weighted by Gasteiger charge is -2.27. The highest BCUT2D eigenvalue weighted by atomic mass is 32.1. The van der Waals surface area contributed by atoms with E-state index >= 15 is 0 Å². The van der Waals surface area contributed by atoms with E-state index in [1.54, 1.807) is 20.8 Å². The van der Waals surface area contributed by atoms with Crippen molar-refractivity contribution in [2.75, 3.05) is 0 Å². The van der Waals surface area contributed by atoms with Crippen molar-refractivity contribution in [3.05, 3.63) is 0 Å². The number of carbonyl (C=O) groups excluding carboxylic acids is 2. The summed E-state index contributed by atoms with van der Waals surface area (Å²) in [6, 6.07) is -0.634. The van der Waals surface area contributed by atoms with Gasteiger partial charge in [0.15, 0.2) is 0 Å². The summed E-state index contributed by atoms with van der Waals surface area (Å²) in [5.41, 5.74) is 4.19. The summed E-state index contributed by atoms with van der Waals surface area (Å²) >= 11 is 4.83. The van der Waals surface area contributed by atoms with Crippen LogP contribution in [-0.2, 0) is 9.59 Å². The highest BCUT2D eigenvalue weighted by molar-refractivity contribution is 7.80. The second-order valence-corrected chi connectivity index (χ2v) is 6.36. The minimum atomic E-state index is -0.967. The Morgan fingerprint density at radius 2 is 1.61 bits per heavy atom. The number of hydrogen-bond acceptors (Lipinski definition) is 3. The Morgan fingerprint density at radius 1 is 1.17 bits per heavy atom. The Hall–Kier alpha value is -1.17. The number of thiocarbonyl (C=S) groups is 1. The number of nitrogens with one attached hydrogen (secondary N) is 2. The molecular weight excluding hydrogens is 250 g/mol. The van der Waals surface area contributed by atoms with Crippen LogP contribution >= 0.6 is 12.2 Å². The van der Waals surface area contributed by atoms with E-state index < -0.39 is 11.5 Å². The molecule has 0 aromatic heterocycles. The van der Waals surface area contributed by atoms with Gasteiger partial charge in [0.2, 0.25) is 11.8 Å².